The summed E-state index contributed by atoms with van der Waals surface area (Å²) < 4.78 is 0. The van der Waals surface area contributed by atoms with Crippen molar-refractivity contribution in [3.8, 4) is 11.3 Å². The molecule has 13 heavy (non-hydrogen) atoms. The van der Waals surface area contributed by atoms with Gasteiger partial charge in [-0.25, -0.2) is 0 Å². The Labute approximate surface area is 82.0 Å². The molecule has 0 amide bonds. The number of aromatic nitrogens is 1. The predicted molar refractivity (Wildman–Crippen MR) is 53.5 cm³/mol. The Kier molecular flexibility index (Phi) is 2.28. The van der Waals surface area contributed by atoms with Gasteiger partial charge in [-0.05, 0) is 6.07 Å². The van der Waals surface area contributed by atoms with Gasteiger partial charge in [0.2, 0.25) is 0 Å². The Morgan fingerprint density at radius 3 is 2.62 bits per heavy atom. The van der Waals surface area contributed by atoms with Crippen molar-refractivity contribution in [2.45, 2.75) is 0 Å². The second-order valence-corrected chi connectivity index (χ2v) is 3.00. The third kappa shape index (κ3) is 1.70. The van der Waals surface area contributed by atoms with Gasteiger partial charge in [0.15, 0.2) is 0 Å². The lowest BCUT2D eigenvalue weighted by molar-refractivity contribution is 1.32. The first-order valence-corrected chi connectivity index (χ1v) is 4.33. The highest BCUT2D eigenvalue weighted by molar-refractivity contribution is 6.32. The van der Waals surface area contributed by atoms with Gasteiger partial charge in [0.05, 0.1) is 10.7 Å². The molecule has 0 aliphatic rings. The molecule has 1 aromatic heterocycles. The summed E-state index contributed by atoms with van der Waals surface area (Å²) >= 11 is 5.94. The van der Waals surface area contributed by atoms with Crippen LogP contribution in [0, 0.1) is 6.07 Å². The Morgan fingerprint density at radius 1 is 1.15 bits per heavy atom. The number of rotatable bonds is 1. The van der Waals surface area contributed by atoms with E-state index in [-0.39, 0.29) is 0 Å². The molecule has 1 radical (unpaired) electrons. The van der Waals surface area contributed by atoms with Crippen LogP contribution in [0.3, 0.4) is 0 Å². The van der Waals surface area contributed by atoms with E-state index in [1.54, 1.807) is 12.3 Å². The normalized spacial score (nSPS) is 9.92. The minimum Gasteiger partial charge on any atom is -0.255 e. The molecule has 0 spiro atoms. The zero-order valence-electron chi connectivity index (χ0n) is 6.87. The van der Waals surface area contributed by atoms with Gasteiger partial charge in [0.25, 0.3) is 0 Å². The number of halogens is 1. The maximum Gasteiger partial charge on any atom is 0.0894 e. The summed E-state index contributed by atoms with van der Waals surface area (Å²) in [6.07, 6.45) is 1.69. The van der Waals surface area contributed by atoms with Crippen LogP contribution in [0.2, 0.25) is 5.02 Å². The lowest BCUT2D eigenvalue weighted by Crippen LogP contribution is -1.82. The Balaban J connectivity index is 2.54. The van der Waals surface area contributed by atoms with Gasteiger partial charge in [0, 0.05) is 17.8 Å². The van der Waals surface area contributed by atoms with Crippen molar-refractivity contribution in [2.75, 3.05) is 0 Å². The van der Waals surface area contributed by atoms with E-state index in [0.717, 1.165) is 11.3 Å². The van der Waals surface area contributed by atoms with E-state index >= 15 is 0 Å². The standard InChI is InChI=1S/C11H7ClN/c12-10-7-4-8-13-11(10)9-5-2-1-3-6-9/h1-6,8H. The number of nitrogens with zero attached hydrogens (tertiary/aromatic N) is 1. The van der Waals surface area contributed by atoms with Crippen LogP contribution in [0.5, 0.6) is 0 Å². The van der Waals surface area contributed by atoms with E-state index in [1.807, 2.05) is 30.3 Å². The molecule has 0 aliphatic heterocycles. The zero-order valence-corrected chi connectivity index (χ0v) is 7.62. The van der Waals surface area contributed by atoms with Gasteiger partial charge in [0.1, 0.15) is 0 Å². The van der Waals surface area contributed by atoms with Crippen LogP contribution in [0.15, 0.2) is 42.6 Å². The van der Waals surface area contributed by atoms with Crippen molar-refractivity contribution in [1.82, 2.24) is 4.98 Å². The van der Waals surface area contributed by atoms with E-state index in [1.165, 1.54) is 0 Å². The summed E-state index contributed by atoms with van der Waals surface area (Å²) in [7, 11) is 0. The molecule has 2 rings (SSSR count). The lowest BCUT2D eigenvalue weighted by Gasteiger charge is -2.00. The van der Waals surface area contributed by atoms with Gasteiger partial charge in [-0.15, -0.1) is 0 Å². The van der Waals surface area contributed by atoms with Gasteiger partial charge < -0.3 is 0 Å². The molecule has 1 aromatic carbocycles. The number of hydrogen-bond donors (Lipinski definition) is 0. The van der Waals surface area contributed by atoms with E-state index in [2.05, 4.69) is 11.1 Å². The average Bonchev–Trinajstić information content (AvgIpc) is 2.20. The number of pyridine rings is 1. The van der Waals surface area contributed by atoms with Gasteiger partial charge in [-0.2, -0.15) is 0 Å². The Bertz CT molecular complexity index is 398. The first-order valence-electron chi connectivity index (χ1n) is 3.95. The van der Waals surface area contributed by atoms with Crippen molar-refractivity contribution in [3.05, 3.63) is 53.7 Å². The van der Waals surface area contributed by atoms with E-state index in [0.29, 0.717) is 5.02 Å². The van der Waals surface area contributed by atoms with E-state index < -0.39 is 0 Å². The number of benzene rings is 1. The highest BCUT2D eigenvalue weighted by Crippen LogP contribution is 2.23. The molecular weight excluding hydrogens is 182 g/mol. The topological polar surface area (TPSA) is 12.9 Å². The quantitative estimate of drug-likeness (QED) is 0.670. The highest BCUT2D eigenvalue weighted by Gasteiger charge is 2.01. The summed E-state index contributed by atoms with van der Waals surface area (Å²) in [4.78, 5) is 4.19. The molecule has 1 heterocycles. The van der Waals surface area contributed by atoms with Crippen LogP contribution in [-0.4, -0.2) is 4.98 Å². The predicted octanol–water partition coefficient (Wildman–Crippen LogP) is 3.20. The molecular formula is C11H7ClN. The second-order valence-electron chi connectivity index (χ2n) is 2.62. The maximum atomic E-state index is 5.94. The fraction of sp³-hybridized carbons (Fsp3) is 0. The smallest absolute Gasteiger partial charge is 0.0894 e. The molecule has 0 bridgehead atoms. The Hall–Kier alpha value is -1.34. The van der Waals surface area contributed by atoms with Crippen LogP contribution in [0.1, 0.15) is 0 Å². The fourth-order valence-corrected chi connectivity index (χ4v) is 1.37. The average molecular weight is 189 g/mol. The van der Waals surface area contributed by atoms with Crippen molar-refractivity contribution in [2.24, 2.45) is 0 Å². The lowest BCUT2D eigenvalue weighted by atomic mass is 10.1. The summed E-state index contributed by atoms with van der Waals surface area (Å²) in [6.45, 7) is 0. The molecule has 0 N–H and O–H groups in total. The third-order valence-corrected chi connectivity index (χ3v) is 2.03. The van der Waals surface area contributed by atoms with Crippen LogP contribution in [-0.2, 0) is 0 Å². The minimum absolute atomic E-state index is 0.564. The molecule has 0 unspecified atom stereocenters. The van der Waals surface area contributed by atoms with Crippen molar-refractivity contribution in [1.29, 1.82) is 0 Å². The van der Waals surface area contributed by atoms with E-state index in [9.17, 15) is 0 Å². The van der Waals surface area contributed by atoms with Crippen LogP contribution < -0.4 is 0 Å². The molecule has 2 heteroatoms. The second kappa shape index (κ2) is 3.58. The molecule has 0 saturated carbocycles. The maximum absolute atomic E-state index is 5.94. The zero-order chi connectivity index (χ0) is 9.10. The summed E-state index contributed by atoms with van der Waals surface area (Å²) in [5.74, 6) is 0. The summed E-state index contributed by atoms with van der Waals surface area (Å²) in [6, 6.07) is 14.4. The van der Waals surface area contributed by atoms with Crippen molar-refractivity contribution >= 4 is 11.6 Å². The number of hydrogen-bond acceptors (Lipinski definition) is 1. The van der Waals surface area contributed by atoms with E-state index in [4.69, 9.17) is 11.6 Å². The first-order chi connectivity index (χ1) is 6.38. The Morgan fingerprint density at radius 2 is 1.92 bits per heavy atom. The van der Waals surface area contributed by atoms with Gasteiger partial charge >= 0.3 is 0 Å². The summed E-state index contributed by atoms with van der Waals surface area (Å²) in [5, 5.41) is 0.564. The molecule has 0 aliphatic carbocycles. The van der Waals surface area contributed by atoms with Crippen molar-refractivity contribution < 1.29 is 0 Å². The van der Waals surface area contributed by atoms with Gasteiger partial charge in [-0.1, -0.05) is 41.9 Å². The SMILES string of the molecule is Clc1[c]ccnc1-c1ccccc1. The molecule has 2 aromatic rings. The molecule has 1 nitrogen and oxygen atoms in total. The largest absolute Gasteiger partial charge is 0.255 e. The highest BCUT2D eigenvalue weighted by atomic mass is 35.5. The molecule has 0 atom stereocenters. The van der Waals surface area contributed by atoms with Crippen LogP contribution in [0.25, 0.3) is 11.3 Å². The molecule has 0 fully saturated rings. The van der Waals surface area contributed by atoms with Crippen LogP contribution >= 0.6 is 11.6 Å². The first kappa shape index (κ1) is 8.27. The van der Waals surface area contributed by atoms with Gasteiger partial charge in [-0.3, -0.25) is 4.98 Å². The third-order valence-electron chi connectivity index (χ3n) is 1.74. The minimum atomic E-state index is 0.564. The molecule has 0 saturated heterocycles. The fourth-order valence-electron chi connectivity index (χ4n) is 1.14. The van der Waals surface area contributed by atoms with Crippen LogP contribution in [0.4, 0.5) is 0 Å². The van der Waals surface area contributed by atoms with Crippen molar-refractivity contribution in [3.63, 3.8) is 0 Å². The summed E-state index contributed by atoms with van der Waals surface area (Å²) in [5.41, 5.74) is 1.80. The monoisotopic (exact) mass is 188 g/mol. The molecule has 63 valence electrons.